The number of morpholine rings is 1. The molecule has 100 valence electrons. The summed E-state index contributed by atoms with van der Waals surface area (Å²) in [6.07, 6.45) is 10.4. The van der Waals surface area contributed by atoms with Gasteiger partial charge in [0.1, 0.15) is 0 Å². The highest BCUT2D eigenvalue weighted by Gasteiger charge is 2.44. The molecule has 0 radical (unpaired) electrons. The molecule has 1 spiro atoms. The van der Waals surface area contributed by atoms with Crippen molar-refractivity contribution in [2.75, 3.05) is 13.2 Å². The zero-order valence-corrected chi connectivity index (χ0v) is 11.2. The lowest BCUT2D eigenvalue weighted by Crippen LogP contribution is -2.53. The van der Waals surface area contributed by atoms with Gasteiger partial charge in [0.05, 0.1) is 30.3 Å². The van der Waals surface area contributed by atoms with E-state index in [1.165, 1.54) is 32.1 Å². The minimum atomic E-state index is 0.00340. The lowest BCUT2D eigenvalue weighted by Gasteiger charge is -2.46. The van der Waals surface area contributed by atoms with Crippen LogP contribution in [-0.4, -0.2) is 28.3 Å². The van der Waals surface area contributed by atoms with Gasteiger partial charge in [0, 0.05) is 19.3 Å². The summed E-state index contributed by atoms with van der Waals surface area (Å²) < 4.78 is 8.35. The molecule has 0 aromatic carbocycles. The van der Waals surface area contributed by atoms with E-state index >= 15 is 0 Å². The van der Waals surface area contributed by atoms with Crippen molar-refractivity contribution >= 4 is 0 Å². The molecule has 1 aliphatic carbocycles. The number of aromatic nitrogens is 2. The Morgan fingerprint density at radius 3 is 3.00 bits per heavy atom. The molecule has 1 saturated carbocycles. The fraction of sp³-hybridized carbons (Fsp3) is 0.786. The molecule has 18 heavy (non-hydrogen) atoms. The Morgan fingerprint density at radius 1 is 1.44 bits per heavy atom. The van der Waals surface area contributed by atoms with Crippen molar-refractivity contribution in [3.05, 3.63) is 18.2 Å². The van der Waals surface area contributed by atoms with Gasteiger partial charge in [-0.1, -0.05) is 19.3 Å². The molecule has 2 aliphatic rings. The van der Waals surface area contributed by atoms with Crippen molar-refractivity contribution in [3.8, 4) is 0 Å². The van der Waals surface area contributed by atoms with E-state index < -0.39 is 0 Å². The zero-order valence-electron chi connectivity index (χ0n) is 11.2. The van der Waals surface area contributed by atoms with Crippen LogP contribution in [0.2, 0.25) is 0 Å². The van der Waals surface area contributed by atoms with Crippen LogP contribution in [0, 0.1) is 0 Å². The summed E-state index contributed by atoms with van der Waals surface area (Å²) in [4.78, 5) is 4.58. The van der Waals surface area contributed by atoms with Crippen LogP contribution in [0.25, 0.3) is 0 Å². The molecule has 2 heterocycles. The van der Waals surface area contributed by atoms with E-state index in [1.807, 2.05) is 6.33 Å². The lowest BCUT2D eigenvalue weighted by atomic mass is 9.77. The maximum absolute atomic E-state index is 6.20. The number of nitrogens with zero attached hydrogens (tertiary/aromatic N) is 2. The summed E-state index contributed by atoms with van der Waals surface area (Å²) in [6.45, 7) is 4.90. The number of nitrogens with one attached hydrogen (secondary N) is 1. The molecular weight excluding hydrogens is 226 g/mol. The highest BCUT2D eigenvalue weighted by Crippen LogP contribution is 2.42. The summed E-state index contributed by atoms with van der Waals surface area (Å²) >= 11 is 0. The highest BCUT2D eigenvalue weighted by atomic mass is 16.5. The topological polar surface area (TPSA) is 39.1 Å². The van der Waals surface area contributed by atoms with Gasteiger partial charge in [-0.25, -0.2) is 4.98 Å². The summed E-state index contributed by atoms with van der Waals surface area (Å²) in [7, 11) is 0. The largest absolute Gasteiger partial charge is 0.372 e. The maximum atomic E-state index is 6.20. The number of hydrogen-bond donors (Lipinski definition) is 1. The second-order valence-corrected chi connectivity index (χ2v) is 5.49. The second kappa shape index (κ2) is 5.02. The molecule has 1 saturated heterocycles. The molecule has 4 nitrogen and oxygen atoms in total. The van der Waals surface area contributed by atoms with Gasteiger partial charge in [-0.15, -0.1) is 0 Å². The quantitative estimate of drug-likeness (QED) is 0.874. The van der Waals surface area contributed by atoms with Gasteiger partial charge in [-0.2, -0.15) is 0 Å². The second-order valence-electron chi connectivity index (χ2n) is 5.49. The van der Waals surface area contributed by atoms with E-state index in [4.69, 9.17) is 4.74 Å². The van der Waals surface area contributed by atoms with Gasteiger partial charge < -0.3 is 14.6 Å². The van der Waals surface area contributed by atoms with Crippen LogP contribution in [0.1, 0.15) is 50.8 Å². The fourth-order valence-electron chi connectivity index (χ4n) is 3.38. The van der Waals surface area contributed by atoms with Crippen LogP contribution in [0.4, 0.5) is 0 Å². The molecule has 3 rings (SSSR count). The lowest BCUT2D eigenvalue weighted by molar-refractivity contribution is -0.120. The predicted octanol–water partition coefficient (Wildman–Crippen LogP) is 2.27. The van der Waals surface area contributed by atoms with E-state index in [-0.39, 0.29) is 11.6 Å². The van der Waals surface area contributed by atoms with Crippen LogP contribution in [0.15, 0.2) is 12.5 Å². The highest BCUT2D eigenvalue weighted by molar-refractivity contribution is 5.13. The Kier molecular flexibility index (Phi) is 3.39. The van der Waals surface area contributed by atoms with Crippen LogP contribution < -0.4 is 5.32 Å². The molecular formula is C14H23N3O. The average Bonchev–Trinajstić information content (AvgIpc) is 2.89. The predicted molar refractivity (Wildman–Crippen MR) is 70.4 cm³/mol. The van der Waals surface area contributed by atoms with Crippen LogP contribution in [-0.2, 0) is 11.3 Å². The molecule has 1 unspecified atom stereocenters. The third kappa shape index (κ3) is 2.08. The minimum absolute atomic E-state index is 0.00340. The van der Waals surface area contributed by atoms with Crippen molar-refractivity contribution in [2.24, 2.45) is 0 Å². The van der Waals surface area contributed by atoms with E-state index in [0.29, 0.717) is 0 Å². The zero-order chi connectivity index (χ0) is 12.4. The summed E-state index contributed by atoms with van der Waals surface area (Å²) in [5.74, 6) is 0. The van der Waals surface area contributed by atoms with Crippen molar-refractivity contribution in [2.45, 2.75) is 57.2 Å². The third-order valence-corrected chi connectivity index (χ3v) is 4.38. The number of aryl methyl sites for hydroxylation is 1. The van der Waals surface area contributed by atoms with Gasteiger partial charge in [0.25, 0.3) is 0 Å². The molecule has 1 N–H and O–H groups in total. The Morgan fingerprint density at radius 2 is 2.28 bits per heavy atom. The van der Waals surface area contributed by atoms with Crippen molar-refractivity contribution in [3.63, 3.8) is 0 Å². The van der Waals surface area contributed by atoms with Crippen molar-refractivity contribution < 1.29 is 4.74 Å². The third-order valence-electron chi connectivity index (χ3n) is 4.38. The van der Waals surface area contributed by atoms with Gasteiger partial charge in [0.2, 0.25) is 0 Å². The smallest absolute Gasteiger partial charge is 0.0950 e. The minimum Gasteiger partial charge on any atom is -0.372 e. The molecule has 1 aromatic rings. The normalized spacial score (nSPS) is 27.5. The Labute approximate surface area is 109 Å². The Hall–Kier alpha value is -0.870. The summed E-state index contributed by atoms with van der Waals surface area (Å²) in [5.41, 5.74) is 1.15. The van der Waals surface area contributed by atoms with Crippen LogP contribution in [0.5, 0.6) is 0 Å². The van der Waals surface area contributed by atoms with E-state index in [1.54, 1.807) is 0 Å². The maximum Gasteiger partial charge on any atom is 0.0950 e. The first-order valence-corrected chi connectivity index (χ1v) is 7.23. The standard InChI is InChI=1S/C14H23N3O/c1-2-17-10-12(16-11-17)13-14(18-9-8-15-13)6-4-3-5-7-14/h10-11,13,15H,2-9H2,1H3. The van der Waals surface area contributed by atoms with Gasteiger partial charge in [-0.3, -0.25) is 0 Å². The Balaban J connectivity index is 1.86. The number of imidazole rings is 1. The van der Waals surface area contributed by atoms with E-state index in [2.05, 4.69) is 28.0 Å². The van der Waals surface area contributed by atoms with Crippen LogP contribution in [0.3, 0.4) is 0 Å². The summed E-state index contributed by atoms with van der Waals surface area (Å²) in [6, 6.07) is 0.277. The molecule has 0 amide bonds. The first-order chi connectivity index (χ1) is 8.84. The number of ether oxygens (including phenoxy) is 1. The van der Waals surface area contributed by atoms with Crippen LogP contribution >= 0.6 is 0 Å². The van der Waals surface area contributed by atoms with Gasteiger partial charge >= 0.3 is 0 Å². The molecule has 1 atom stereocenters. The molecule has 2 fully saturated rings. The number of rotatable bonds is 2. The van der Waals surface area contributed by atoms with Crippen molar-refractivity contribution in [1.29, 1.82) is 0 Å². The van der Waals surface area contributed by atoms with E-state index in [0.717, 1.165) is 25.4 Å². The summed E-state index contributed by atoms with van der Waals surface area (Å²) in [5, 5.41) is 3.63. The van der Waals surface area contributed by atoms with Gasteiger partial charge in [0.15, 0.2) is 0 Å². The molecule has 1 aromatic heterocycles. The SMILES string of the molecule is CCn1cnc(C2NCCOC23CCCCC3)c1. The molecule has 1 aliphatic heterocycles. The van der Waals surface area contributed by atoms with Gasteiger partial charge in [-0.05, 0) is 19.8 Å². The van der Waals surface area contributed by atoms with Crippen molar-refractivity contribution in [1.82, 2.24) is 14.9 Å². The number of hydrogen-bond acceptors (Lipinski definition) is 3. The fourth-order valence-corrected chi connectivity index (χ4v) is 3.38. The first-order valence-electron chi connectivity index (χ1n) is 7.23. The monoisotopic (exact) mass is 249 g/mol. The molecule has 0 bridgehead atoms. The molecule has 4 heteroatoms. The first kappa shape index (κ1) is 12.2. The van der Waals surface area contributed by atoms with E-state index in [9.17, 15) is 0 Å². The Bertz CT molecular complexity index is 387. The average molecular weight is 249 g/mol.